The number of nitrogens with one attached hydrogen (secondary N) is 1. The van der Waals surface area contributed by atoms with Crippen molar-refractivity contribution in [3.63, 3.8) is 0 Å². The summed E-state index contributed by atoms with van der Waals surface area (Å²) in [5.41, 5.74) is 0.750. The van der Waals surface area contributed by atoms with Gasteiger partial charge in [0.15, 0.2) is 0 Å². The molecule has 2 aromatic rings. The predicted molar refractivity (Wildman–Crippen MR) is 92.8 cm³/mol. The van der Waals surface area contributed by atoms with Gasteiger partial charge in [-0.05, 0) is 49.6 Å². The Balaban J connectivity index is 1.91. The van der Waals surface area contributed by atoms with E-state index in [4.69, 9.17) is 4.74 Å². The number of carbonyl (C=O) groups excluding carboxylic acids is 1. The van der Waals surface area contributed by atoms with Gasteiger partial charge in [0.2, 0.25) is 5.91 Å². The molecule has 24 heavy (non-hydrogen) atoms. The largest absolute Gasteiger partial charge is 0.492 e. The van der Waals surface area contributed by atoms with E-state index in [-0.39, 0.29) is 11.7 Å². The lowest BCUT2D eigenvalue weighted by Gasteiger charge is -2.28. The van der Waals surface area contributed by atoms with Crippen LogP contribution in [0.15, 0.2) is 48.5 Å². The normalized spacial score (nSPS) is 15.9. The Morgan fingerprint density at radius 3 is 2.62 bits per heavy atom. The monoisotopic (exact) mass is 327 g/mol. The molecule has 3 nitrogen and oxygen atoms in total. The van der Waals surface area contributed by atoms with Crippen molar-refractivity contribution in [2.75, 3.05) is 11.9 Å². The van der Waals surface area contributed by atoms with E-state index < -0.39 is 5.41 Å². The van der Waals surface area contributed by atoms with Crippen molar-refractivity contribution < 1.29 is 13.9 Å². The van der Waals surface area contributed by atoms with Crippen molar-refractivity contribution in [2.45, 2.75) is 38.0 Å². The van der Waals surface area contributed by atoms with Gasteiger partial charge in [0, 0.05) is 0 Å². The number of anilines is 1. The number of ether oxygens (including phenoxy) is 1. The Morgan fingerprint density at radius 1 is 1.17 bits per heavy atom. The van der Waals surface area contributed by atoms with Crippen LogP contribution in [-0.2, 0) is 10.2 Å². The number of hydrogen-bond donors (Lipinski definition) is 1. The fraction of sp³-hybridized carbons (Fsp3) is 0.350. The summed E-state index contributed by atoms with van der Waals surface area (Å²) < 4.78 is 19.3. The standard InChI is InChI=1S/C20H22FNO2/c1-2-24-18-11-4-3-10-17(18)22-19(23)20(12-5-6-13-20)15-8-7-9-16(21)14-15/h3-4,7-11,14H,2,5-6,12-13H2,1H3,(H,22,23). The van der Waals surface area contributed by atoms with Gasteiger partial charge in [0.25, 0.3) is 0 Å². The second-order valence-corrected chi connectivity index (χ2v) is 6.18. The zero-order valence-corrected chi connectivity index (χ0v) is 13.8. The summed E-state index contributed by atoms with van der Waals surface area (Å²) in [5, 5.41) is 3.01. The molecule has 0 unspecified atom stereocenters. The molecular weight excluding hydrogens is 305 g/mol. The Hall–Kier alpha value is -2.36. The fourth-order valence-electron chi connectivity index (χ4n) is 3.50. The Kier molecular flexibility index (Phi) is 4.84. The summed E-state index contributed by atoms with van der Waals surface area (Å²) in [6.07, 6.45) is 3.41. The molecule has 0 spiro atoms. The molecule has 1 saturated carbocycles. The molecule has 1 N–H and O–H groups in total. The van der Waals surface area contributed by atoms with E-state index in [0.717, 1.165) is 31.2 Å². The number of hydrogen-bond acceptors (Lipinski definition) is 2. The van der Waals surface area contributed by atoms with E-state index in [0.29, 0.717) is 18.0 Å². The predicted octanol–water partition coefficient (Wildman–Crippen LogP) is 4.67. The minimum atomic E-state index is -0.665. The fourth-order valence-corrected chi connectivity index (χ4v) is 3.50. The molecule has 0 saturated heterocycles. The Bertz CT molecular complexity index is 723. The van der Waals surface area contributed by atoms with E-state index in [2.05, 4.69) is 5.32 Å². The van der Waals surface area contributed by atoms with Gasteiger partial charge in [0.1, 0.15) is 11.6 Å². The molecule has 4 heteroatoms. The average Bonchev–Trinajstić information content (AvgIpc) is 3.08. The van der Waals surface area contributed by atoms with Crippen LogP contribution in [0, 0.1) is 5.82 Å². The Labute approximate surface area is 141 Å². The molecule has 3 rings (SSSR count). The van der Waals surface area contributed by atoms with Gasteiger partial charge in [-0.25, -0.2) is 4.39 Å². The van der Waals surface area contributed by atoms with Crippen LogP contribution >= 0.6 is 0 Å². The van der Waals surface area contributed by atoms with Gasteiger partial charge in [-0.15, -0.1) is 0 Å². The van der Waals surface area contributed by atoms with Gasteiger partial charge in [-0.1, -0.05) is 37.1 Å². The number of carbonyl (C=O) groups is 1. The lowest BCUT2D eigenvalue weighted by molar-refractivity contribution is -0.121. The molecule has 1 aliphatic rings. The van der Waals surface area contributed by atoms with Crippen LogP contribution in [0.2, 0.25) is 0 Å². The van der Waals surface area contributed by atoms with Crippen molar-refractivity contribution >= 4 is 11.6 Å². The third kappa shape index (κ3) is 3.14. The first-order valence-corrected chi connectivity index (χ1v) is 8.45. The Morgan fingerprint density at radius 2 is 1.92 bits per heavy atom. The maximum Gasteiger partial charge on any atom is 0.235 e. The zero-order chi connectivity index (χ0) is 17.0. The van der Waals surface area contributed by atoms with E-state index in [1.807, 2.05) is 37.3 Å². The summed E-state index contributed by atoms with van der Waals surface area (Å²) in [4.78, 5) is 13.1. The van der Waals surface area contributed by atoms with Crippen LogP contribution < -0.4 is 10.1 Å². The number of para-hydroxylation sites is 2. The van der Waals surface area contributed by atoms with Gasteiger partial charge >= 0.3 is 0 Å². The lowest BCUT2D eigenvalue weighted by Crippen LogP contribution is -2.38. The molecule has 0 aliphatic heterocycles. The summed E-state index contributed by atoms with van der Waals surface area (Å²) >= 11 is 0. The maximum absolute atomic E-state index is 13.7. The quantitative estimate of drug-likeness (QED) is 0.866. The van der Waals surface area contributed by atoms with Gasteiger partial charge in [-0.2, -0.15) is 0 Å². The molecule has 0 radical (unpaired) electrons. The van der Waals surface area contributed by atoms with E-state index in [1.165, 1.54) is 12.1 Å². The molecule has 2 aromatic carbocycles. The molecule has 126 valence electrons. The molecule has 1 amide bonds. The van der Waals surface area contributed by atoms with Crippen LogP contribution in [-0.4, -0.2) is 12.5 Å². The molecule has 0 heterocycles. The highest BCUT2D eigenvalue weighted by Crippen LogP contribution is 2.42. The summed E-state index contributed by atoms with van der Waals surface area (Å²) in [6.45, 7) is 2.44. The van der Waals surface area contributed by atoms with Crippen molar-refractivity contribution in [1.82, 2.24) is 0 Å². The number of benzene rings is 2. The third-order valence-electron chi connectivity index (χ3n) is 4.70. The van der Waals surface area contributed by atoms with Crippen LogP contribution in [0.4, 0.5) is 10.1 Å². The van der Waals surface area contributed by atoms with Gasteiger partial charge in [0.05, 0.1) is 17.7 Å². The average molecular weight is 327 g/mol. The second kappa shape index (κ2) is 7.04. The zero-order valence-electron chi connectivity index (χ0n) is 13.8. The molecule has 0 atom stereocenters. The number of halogens is 1. The van der Waals surface area contributed by atoms with Crippen LogP contribution in [0.5, 0.6) is 5.75 Å². The number of amides is 1. The maximum atomic E-state index is 13.7. The molecule has 0 aromatic heterocycles. The molecular formula is C20H22FNO2. The van der Waals surface area contributed by atoms with E-state index in [9.17, 15) is 9.18 Å². The third-order valence-corrected chi connectivity index (χ3v) is 4.70. The lowest BCUT2D eigenvalue weighted by atomic mass is 9.78. The van der Waals surface area contributed by atoms with Crippen molar-refractivity contribution in [1.29, 1.82) is 0 Å². The van der Waals surface area contributed by atoms with Crippen LogP contribution in [0.3, 0.4) is 0 Å². The SMILES string of the molecule is CCOc1ccccc1NC(=O)C1(c2cccc(F)c2)CCCC1. The first kappa shape index (κ1) is 16.5. The minimum Gasteiger partial charge on any atom is -0.492 e. The minimum absolute atomic E-state index is 0.0854. The summed E-state index contributed by atoms with van der Waals surface area (Å²) in [5.74, 6) is 0.264. The first-order valence-electron chi connectivity index (χ1n) is 8.45. The van der Waals surface area contributed by atoms with E-state index in [1.54, 1.807) is 6.07 Å². The van der Waals surface area contributed by atoms with Gasteiger partial charge in [-0.3, -0.25) is 4.79 Å². The van der Waals surface area contributed by atoms with E-state index >= 15 is 0 Å². The highest BCUT2D eigenvalue weighted by molar-refractivity contribution is 6.00. The van der Waals surface area contributed by atoms with Crippen LogP contribution in [0.1, 0.15) is 38.2 Å². The molecule has 1 fully saturated rings. The van der Waals surface area contributed by atoms with Crippen molar-refractivity contribution in [3.8, 4) is 5.75 Å². The highest BCUT2D eigenvalue weighted by Gasteiger charge is 2.43. The van der Waals surface area contributed by atoms with Gasteiger partial charge < -0.3 is 10.1 Å². The first-order chi connectivity index (χ1) is 11.7. The smallest absolute Gasteiger partial charge is 0.235 e. The van der Waals surface area contributed by atoms with Crippen LogP contribution in [0.25, 0.3) is 0 Å². The molecule has 0 bridgehead atoms. The second-order valence-electron chi connectivity index (χ2n) is 6.18. The van der Waals surface area contributed by atoms with Crippen molar-refractivity contribution in [3.05, 3.63) is 59.9 Å². The molecule has 1 aliphatic carbocycles. The topological polar surface area (TPSA) is 38.3 Å². The number of rotatable bonds is 5. The highest BCUT2D eigenvalue weighted by atomic mass is 19.1. The summed E-state index contributed by atoms with van der Waals surface area (Å²) in [7, 11) is 0. The summed E-state index contributed by atoms with van der Waals surface area (Å²) in [6, 6.07) is 13.8. The van der Waals surface area contributed by atoms with Crippen molar-refractivity contribution in [2.24, 2.45) is 0 Å².